The zero-order valence-electron chi connectivity index (χ0n) is 10.9. The van der Waals surface area contributed by atoms with E-state index < -0.39 is 6.03 Å². The number of amides is 2. The summed E-state index contributed by atoms with van der Waals surface area (Å²) in [5, 5.41) is 16.2. The number of rotatable bonds is 1. The molecule has 1 rings (SSSR count). The van der Waals surface area contributed by atoms with Crippen LogP contribution in [0.4, 0.5) is 10.5 Å². The zero-order valence-corrected chi connectivity index (χ0v) is 12.4. The number of hydrogen-bond acceptors (Lipinski definition) is 2. The van der Waals surface area contributed by atoms with E-state index in [4.69, 9.17) is 28.6 Å². The quantitative estimate of drug-likeness (QED) is 0.474. The first-order valence-corrected chi connectivity index (χ1v) is 6.33. The van der Waals surface area contributed by atoms with Crippen molar-refractivity contribution in [1.82, 2.24) is 10.6 Å². The SMILES string of the molecule is CC(C)(C)NC(=O)NC(=N)Nc1cc(Cl)ccc1Cl. The van der Waals surface area contributed by atoms with Crippen molar-refractivity contribution in [2.75, 3.05) is 5.32 Å². The second kappa shape index (κ2) is 6.12. The van der Waals surface area contributed by atoms with E-state index in [0.717, 1.165) is 0 Å². The molecule has 1 aromatic carbocycles. The van der Waals surface area contributed by atoms with Crippen LogP contribution in [0.1, 0.15) is 20.8 Å². The molecule has 1 aromatic rings. The van der Waals surface area contributed by atoms with E-state index in [9.17, 15) is 4.79 Å². The third-order valence-electron chi connectivity index (χ3n) is 1.92. The molecule has 0 fully saturated rings. The average Bonchev–Trinajstić information content (AvgIpc) is 2.20. The van der Waals surface area contributed by atoms with Crippen LogP contribution in [0.3, 0.4) is 0 Å². The fourth-order valence-electron chi connectivity index (χ4n) is 1.24. The van der Waals surface area contributed by atoms with E-state index in [1.807, 2.05) is 20.8 Å². The van der Waals surface area contributed by atoms with Gasteiger partial charge in [-0.15, -0.1) is 0 Å². The van der Waals surface area contributed by atoms with Gasteiger partial charge in [-0.05, 0) is 39.0 Å². The smallest absolute Gasteiger partial charge is 0.321 e. The molecule has 0 unspecified atom stereocenters. The summed E-state index contributed by atoms with van der Waals surface area (Å²) >= 11 is 11.8. The first kappa shape index (κ1) is 15.6. The Labute approximate surface area is 122 Å². The normalized spacial score (nSPS) is 10.8. The second-order valence-electron chi connectivity index (χ2n) is 4.95. The molecule has 0 saturated carbocycles. The minimum absolute atomic E-state index is 0.189. The van der Waals surface area contributed by atoms with Crippen molar-refractivity contribution in [3.8, 4) is 0 Å². The number of carbonyl (C=O) groups is 1. The van der Waals surface area contributed by atoms with Gasteiger partial charge in [-0.2, -0.15) is 0 Å². The van der Waals surface area contributed by atoms with Gasteiger partial charge in [-0.3, -0.25) is 10.7 Å². The fraction of sp³-hybridized carbons (Fsp3) is 0.333. The van der Waals surface area contributed by atoms with Crippen molar-refractivity contribution in [1.29, 1.82) is 5.41 Å². The van der Waals surface area contributed by atoms with Crippen molar-refractivity contribution in [2.24, 2.45) is 0 Å². The van der Waals surface area contributed by atoms with E-state index >= 15 is 0 Å². The number of benzene rings is 1. The van der Waals surface area contributed by atoms with Gasteiger partial charge in [0.25, 0.3) is 0 Å². The van der Waals surface area contributed by atoms with E-state index in [1.54, 1.807) is 18.2 Å². The van der Waals surface area contributed by atoms with Crippen LogP contribution in [0, 0.1) is 5.41 Å². The van der Waals surface area contributed by atoms with E-state index in [0.29, 0.717) is 15.7 Å². The molecule has 0 heterocycles. The maximum atomic E-state index is 11.5. The predicted octanol–water partition coefficient (Wildman–Crippen LogP) is 3.44. The summed E-state index contributed by atoms with van der Waals surface area (Å²) in [6, 6.07) is 4.35. The van der Waals surface area contributed by atoms with Crippen LogP contribution in [0.2, 0.25) is 10.0 Å². The molecule has 4 N–H and O–H groups in total. The van der Waals surface area contributed by atoms with Crippen molar-refractivity contribution < 1.29 is 4.79 Å². The molecule has 0 aliphatic rings. The van der Waals surface area contributed by atoms with Crippen LogP contribution in [0.5, 0.6) is 0 Å². The maximum absolute atomic E-state index is 11.5. The molecule has 19 heavy (non-hydrogen) atoms. The molecule has 0 bridgehead atoms. The van der Waals surface area contributed by atoms with Gasteiger partial charge in [0.05, 0.1) is 10.7 Å². The molecule has 0 saturated heterocycles. The van der Waals surface area contributed by atoms with Crippen LogP contribution in [-0.4, -0.2) is 17.5 Å². The lowest BCUT2D eigenvalue weighted by atomic mass is 10.1. The molecule has 7 heteroatoms. The summed E-state index contributed by atoms with van der Waals surface area (Å²) in [4.78, 5) is 11.5. The third kappa shape index (κ3) is 5.81. The summed E-state index contributed by atoms with van der Waals surface area (Å²) in [6.07, 6.45) is 0. The van der Waals surface area contributed by atoms with E-state index in [1.165, 1.54) is 0 Å². The lowest BCUT2D eigenvalue weighted by Crippen LogP contribution is -2.49. The highest BCUT2D eigenvalue weighted by atomic mass is 35.5. The molecule has 0 aliphatic carbocycles. The number of guanidine groups is 1. The van der Waals surface area contributed by atoms with Crippen molar-refractivity contribution in [3.63, 3.8) is 0 Å². The van der Waals surface area contributed by atoms with Crippen LogP contribution in [-0.2, 0) is 0 Å². The largest absolute Gasteiger partial charge is 0.333 e. The number of carbonyl (C=O) groups excluding carboxylic acids is 1. The maximum Gasteiger partial charge on any atom is 0.321 e. The van der Waals surface area contributed by atoms with E-state index in [2.05, 4.69) is 16.0 Å². The van der Waals surface area contributed by atoms with Gasteiger partial charge < -0.3 is 10.6 Å². The van der Waals surface area contributed by atoms with Crippen molar-refractivity contribution in [3.05, 3.63) is 28.2 Å². The number of hydrogen-bond donors (Lipinski definition) is 4. The fourth-order valence-corrected chi connectivity index (χ4v) is 1.58. The summed E-state index contributed by atoms with van der Waals surface area (Å²) in [5.41, 5.74) is 0.0770. The number of halogens is 2. The van der Waals surface area contributed by atoms with Crippen molar-refractivity contribution >= 4 is 40.9 Å². The van der Waals surface area contributed by atoms with E-state index in [-0.39, 0.29) is 11.5 Å². The Hall–Kier alpha value is -1.46. The lowest BCUT2D eigenvalue weighted by Gasteiger charge is -2.21. The molecule has 0 spiro atoms. The second-order valence-corrected chi connectivity index (χ2v) is 5.80. The highest BCUT2D eigenvalue weighted by Gasteiger charge is 2.14. The molecule has 5 nitrogen and oxygen atoms in total. The van der Waals surface area contributed by atoms with Crippen LogP contribution >= 0.6 is 23.2 Å². The van der Waals surface area contributed by atoms with Gasteiger partial charge in [0, 0.05) is 10.6 Å². The zero-order chi connectivity index (χ0) is 14.6. The summed E-state index contributed by atoms with van der Waals surface area (Å²) in [6.45, 7) is 5.53. The number of urea groups is 1. The van der Waals surface area contributed by atoms with Gasteiger partial charge >= 0.3 is 6.03 Å². The van der Waals surface area contributed by atoms with Gasteiger partial charge in [-0.1, -0.05) is 23.2 Å². The molecule has 104 valence electrons. The highest BCUT2D eigenvalue weighted by molar-refractivity contribution is 6.35. The molecule has 0 atom stereocenters. The summed E-state index contributed by atoms with van der Waals surface area (Å²) < 4.78 is 0. The Morgan fingerprint density at radius 3 is 2.47 bits per heavy atom. The Morgan fingerprint density at radius 2 is 1.89 bits per heavy atom. The summed E-state index contributed by atoms with van der Waals surface area (Å²) in [7, 11) is 0. The third-order valence-corrected chi connectivity index (χ3v) is 2.48. The van der Waals surface area contributed by atoms with Crippen LogP contribution < -0.4 is 16.0 Å². The van der Waals surface area contributed by atoms with Gasteiger partial charge in [0.1, 0.15) is 0 Å². The molecule has 0 aromatic heterocycles. The monoisotopic (exact) mass is 302 g/mol. The standard InChI is InChI=1S/C12H16Cl2N4O/c1-12(2,3)18-11(19)17-10(15)16-9-6-7(13)4-5-8(9)14/h4-6H,1-3H3,(H4,15,16,17,18,19). The highest BCUT2D eigenvalue weighted by Crippen LogP contribution is 2.25. The lowest BCUT2D eigenvalue weighted by molar-refractivity contribution is 0.236. The Bertz CT molecular complexity index is 497. The Morgan fingerprint density at radius 1 is 1.26 bits per heavy atom. The molecule has 0 radical (unpaired) electrons. The van der Waals surface area contributed by atoms with Crippen LogP contribution in [0.25, 0.3) is 0 Å². The van der Waals surface area contributed by atoms with Crippen molar-refractivity contribution in [2.45, 2.75) is 26.3 Å². The summed E-state index contributed by atoms with van der Waals surface area (Å²) in [5.74, 6) is -0.189. The van der Waals surface area contributed by atoms with Crippen LogP contribution in [0.15, 0.2) is 18.2 Å². The minimum Gasteiger partial charge on any atom is -0.333 e. The topological polar surface area (TPSA) is 77.0 Å². The minimum atomic E-state index is -0.469. The first-order valence-electron chi connectivity index (χ1n) is 5.57. The predicted molar refractivity (Wildman–Crippen MR) is 79.2 cm³/mol. The first-order chi connectivity index (χ1) is 8.67. The molecular weight excluding hydrogens is 287 g/mol. The van der Waals surface area contributed by atoms with Gasteiger partial charge in [0.15, 0.2) is 0 Å². The Kier molecular flexibility index (Phi) is 5.03. The van der Waals surface area contributed by atoms with Gasteiger partial charge in [0.2, 0.25) is 5.96 Å². The molecule has 2 amide bonds. The molecular formula is C12H16Cl2N4O. The number of nitrogens with one attached hydrogen (secondary N) is 4. The number of anilines is 1. The Balaban J connectivity index is 2.61. The molecule has 0 aliphatic heterocycles. The van der Waals surface area contributed by atoms with Gasteiger partial charge in [-0.25, -0.2) is 4.79 Å². The average molecular weight is 303 g/mol.